The van der Waals surface area contributed by atoms with E-state index in [1.807, 2.05) is 30.7 Å². The molecule has 0 aliphatic heterocycles. The number of aromatic amines is 2. The summed E-state index contributed by atoms with van der Waals surface area (Å²) in [5, 5.41) is 1.35. The van der Waals surface area contributed by atoms with Gasteiger partial charge in [-0.3, -0.25) is 0 Å². The number of nitrogens with zero attached hydrogens (tertiary/aromatic N) is 1. The maximum atomic E-state index is 6.48. The van der Waals surface area contributed by atoms with Crippen molar-refractivity contribution in [3.05, 3.63) is 48.0 Å². The third-order valence-corrected chi connectivity index (χ3v) is 9.21. The SMILES string of the molecule is CC(C)(C)[Si](C)(C)Oc1cc[nH]c1Cc1c[nH]c2ncccc12. The second kappa shape index (κ2) is 5.56. The van der Waals surface area contributed by atoms with Crippen LogP contribution in [0.5, 0.6) is 5.75 Å². The van der Waals surface area contributed by atoms with E-state index in [0.717, 1.165) is 23.5 Å². The Hall–Kier alpha value is -2.01. The Morgan fingerprint density at radius 2 is 1.96 bits per heavy atom. The Kier molecular flexibility index (Phi) is 3.84. The minimum Gasteiger partial charge on any atom is -0.542 e. The lowest BCUT2D eigenvalue weighted by molar-refractivity contribution is 0.488. The predicted octanol–water partition coefficient (Wildman–Crippen LogP) is 4.87. The predicted molar refractivity (Wildman–Crippen MR) is 97.5 cm³/mol. The van der Waals surface area contributed by atoms with Crippen LogP contribution in [0.2, 0.25) is 18.1 Å². The number of nitrogens with one attached hydrogen (secondary N) is 2. The highest BCUT2D eigenvalue weighted by molar-refractivity contribution is 6.74. The number of pyridine rings is 1. The molecule has 3 rings (SSSR count). The second-order valence-corrected chi connectivity index (χ2v) is 12.3. The molecule has 0 aliphatic rings. The van der Waals surface area contributed by atoms with Crippen molar-refractivity contribution in [3.8, 4) is 5.75 Å². The van der Waals surface area contributed by atoms with E-state index in [0.29, 0.717) is 0 Å². The normalized spacial score (nSPS) is 12.7. The highest BCUT2D eigenvalue weighted by Crippen LogP contribution is 2.38. The average Bonchev–Trinajstić information content (AvgIpc) is 3.06. The summed E-state index contributed by atoms with van der Waals surface area (Å²) in [6, 6.07) is 6.12. The fraction of sp³-hybridized carbons (Fsp3) is 0.389. The second-order valence-electron chi connectivity index (χ2n) is 7.57. The lowest BCUT2D eigenvalue weighted by Gasteiger charge is -2.36. The van der Waals surface area contributed by atoms with Crippen molar-refractivity contribution in [2.24, 2.45) is 0 Å². The summed E-state index contributed by atoms with van der Waals surface area (Å²) in [7, 11) is -1.84. The van der Waals surface area contributed by atoms with E-state index in [1.165, 1.54) is 10.9 Å². The van der Waals surface area contributed by atoms with Gasteiger partial charge in [0, 0.05) is 30.4 Å². The third-order valence-electron chi connectivity index (χ3n) is 4.87. The first-order valence-corrected chi connectivity index (χ1v) is 10.9. The Balaban J connectivity index is 1.87. The fourth-order valence-electron chi connectivity index (χ4n) is 2.40. The van der Waals surface area contributed by atoms with Gasteiger partial charge in [0.25, 0.3) is 8.32 Å². The number of rotatable bonds is 4. The number of hydrogen-bond donors (Lipinski definition) is 2. The molecule has 0 bridgehead atoms. The van der Waals surface area contributed by atoms with E-state index < -0.39 is 8.32 Å². The molecule has 3 heterocycles. The number of H-pyrrole nitrogens is 2. The van der Waals surface area contributed by atoms with E-state index in [-0.39, 0.29) is 5.04 Å². The molecule has 0 saturated heterocycles. The Labute approximate surface area is 138 Å². The monoisotopic (exact) mass is 327 g/mol. The van der Waals surface area contributed by atoms with E-state index in [9.17, 15) is 0 Å². The first kappa shape index (κ1) is 15.9. The molecule has 0 saturated carbocycles. The molecule has 0 aromatic carbocycles. The Morgan fingerprint density at radius 1 is 1.17 bits per heavy atom. The smallest absolute Gasteiger partial charge is 0.250 e. The number of hydrogen-bond acceptors (Lipinski definition) is 2. The van der Waals surface area contributed by atoms with Crippen molar-refractivity contribution < 1.29 is 4.43 Å². The Morgan fingerprint density at radius 3 is 2.70 bits per heavy atom. The van der Waals surface area contributed by atoms with Crippen LogP contribution in [0, 0.1) is 0 Å². The van der Waals surface area contributed by atoms with Crippen LogP contribution >= 0.6 is 0 Å². The van der Waals surface area contributed by atoms with E-state index in [1.54, 1.807) is 0 Å². The molecule has 5 heteroatoms. The zero-order valence-electron chi connectivity index (χ0n) is 14.5. The van der Waals surface area contributed by atoms with Crippen molar-refractivity contribution in [2.75, 3.05) is 0 Å². The van der Waals surface area contributed by atoms with E-state index in [4.69, 9.17) is 4.43 Å². The molecule has 0 unspecified atom stereocenters. The van der Waals surface area contributed by atoms with Gasteiger partial charge < -0.3 is 14.4 Å². The third kappa shape index (κ3) is 3.06. The maximum Gasteiger partial charge on any atom is 0.250 e. The van der Waals surface area contributed by atoms with E-state index >= 15 is 0 Å². The van der Waals surface area contributed by atoms with Gasteiger partial charge in [-0.05, 0) is 41.9 Å². The van der Waals surface area contributed by atoms with Crippen LogP contribution in [-0.2, 0) is 6.42 Å². The molecule has 4 nitrogen and oxygen atoms in total. The lowest BCUT2D eigenvalue weighted by atomic mass is 10.1. The van der Waals surface area contributed by atoms with Gasteiger partial charge in [-0.1, -0.05) is 20.8 Å². The van der Waals surface area contributed by atoms with Crippen molar-refractivity contribution in [1.82, 2.24) is 15.0 Å². The van der Waals surface area contributed by atoms with Crippen LogP contribution in [-0.4, -0.2) is 23.3 Å². The summed E-state index contributed by atoms with van der Waals surface area (Å²) < 4.78 is 6.48. The van der Waals surface area contributed by atoms with Crippen LogP contribution in [0.25, 0.3) is 11.0 Å². The number of aromatic nitrogens is 3. The van der Waals surface area contributed by atoms with Crippen molar-refractivity contribution in [2.45, 2.75) is 45.3 Å². The summed E-state index contributed by atoms with van der Waals surface area (Å²) in [6.07, 6.45) is 6.62. The van der Waals surface area contributed by atoms with Crippen molar-refractivity contribution in [1.29, 1.82) is 0 Å². The van der Waals surface area contributed by atoms with Gasteiger partial charge in [-0.25, -0.2) is 4.98 Å². The minimum absolute atomic E-state index is 0.187. The first-order chi connectivity index (χ1) is 10.8. The van der Waals surface area contributed by atoms with Gasteiger partial charge in [0.2, 0.25) is 0 Å². The molecule has 23 heavy (non-hydrogen) atoms. The molecule has 0 radical (unpaired) electrons. The molecule has 122 valence electrons. The fourth-order valence-corrected chi connectivity index (χ4v) is 3.45. The molecular formula is C18H25N3OSi. The summed E-state index contributed by atoms with van der Waals surface area (Å²) in [6.45, 7) is 11.3. The zero-order valence-corrected chi connectivity index (χ0v) is 15.5. The van der Waals surface area contributed by atoms with Gasteiger partial charge in [0.15, 0.2) is 0 Å². The summed E-state index contributed by atoms with van der Waals surface area (Å²) in [5.74, 6) is 0.981. The summed E-state index contributed by atoms with van der Waals surface area (Å²) >= 11 is 0. The largest absolute Gasteiger partial charge is 0.542 e. The van der Waals surface area contributed by atoms with Crippen LogP contribution in [0.4, 0.5) is 0 Å². The zero-order chi connectivity index (χ0) is 16.7. The summed E-state index contributed by atoms with van der Waals surface area (Å²) in [4.78, 5) is 10.9. The number of fused-ring (bicyclic) bond motifs is 1. The molecule has 3 aromatic rings. The highest BCUT2D eigenvalue weighted by Gasteiger charge is 2.39. The van der Waals surface area contributed by atoms with Crippen LogP contribution in [0.15, 0.2) is 36.8 Å². The average molecular weight is 328 g/mol. The van der Waals surface area contributed by atoms with Crippen molar-refractivity contribution >= 4 is 19.4 Å². The molecule has 0 amide bonds. The highest BCUT2D eigenvalue weighted by atomic mass is 28.4. The molecule has 0 atom stereocenters. The molecule has 2 N–H and O–H groups in total. The van der Waals surface area contributed by atoms with Crippen LogP contribution < -0.4 is 4.43 Å². The quantitative estimate of drug-likeness (QED) is 0.672. The molecule has 0 aliphatic carbocycles. The molecular weight excluding hydrogens is 302 g/mol. The maximum absolute atomic E-state index is 6.48. The first-order valence-electron chi connectivity index (χ1n) is 8.04. The van der Waals surface area contributed by atoms with E-state index in [2.05, 4.69) is 54.9 Å². The Bertz CT molecular complexity index is 811. The van der Waals surface area contributed by atoms with Gasteiger partial charge >= 0.3 is 0 Å². The minimum atomic E-state index is -1.84. The van der Waals surface area contributed by atoms with Gasteiger partial charge in [-0.2, -0.15) is 0 Å². The molecule has 0 spiro atoms. The lowest BCUT2D eigenvalue weighted by Crippen LogP contribution is -2.44. The van der Waals surface area contributed by atoms with Crippen molar-refractivity contribution in [3.63, 3.8) is 0 Å². The standard InChI is InChI=1S/C18H25N3OSi/c1-18(2,3)23(4,5)22-16-8-10-19-15(16)11-13-12-21-17-14(13)7-6-9-20-17/h6-10,12,19H,11H2,1-5H3,(H,20,21). The van der Waals surface area contributed by atoms with Gasteiger partial charge in [0.05, 0.1) is 5.69 Å². The topological polar surface area (TPSA) is 53.7 Å². The molecule has 0 fully saturated rings. The van der Waals surface area contributed by atoms with Crippen LogP contribution in [0.1, 0.15) is 32.0 Å². The van der Waals surface area contributed by atoms with Crippen LogP contribution in [0.3, 0.4) is 0 Å². The summed E-state index contributed by atoms with van der Waals surface area (Å²) in [5.41, 5.74) is 3.29. The van der Waals surface area contributed by atoms with Gasteiger partial charge in [0.1, 0.15) is 11.4 Å². The van der Waals surface area contributed by atoms with Gasteiger partial charge in [-0.15, -0.1) is 0 Å². The molecule has 3 aromatic heterocycles.